The minimum atomic E-state index is -0.423. The minimum Gasteiger partial charge on any atom is -0.491 e. The van der Waals surface area contributed by atoms with Gasteiger partial charge in [-0.25, -0.2) is 4.79 Å². The highest BCUT2D eigenvalue weighted by molar-refractivity contribution is 6.27. The molecule has 0 heterocycles. The molecule has 1 aliphatic rings. The van der Waals surface area contributed by atoms with E-state index in [9.17, 15) is 14.4 Å². The van der Waals surface area contributed by atoms with Gasteiger partial charge in [-0.05, 0) is 31.2 Å². The second kappa shape index (κ2) is 7.23. The molecule has 2 aromatic rings. The Morgan fingerprint density at radius 1 is 0.962 bits per heavy atom. The number of rotatable bonds is 5. The SMILES string of the molecule is CCOC(=O)c1ccc(NC2=C(OC)C(=O)c3ccccc3C2=O)cc1. The van der Waals surface area contributed by atoms with Crippen LogP contribution in [0.2, 0.25) is 0 Å². The number of benzene rings is 2. The lowest BCUT2D eigenvalue weighted by Crippen LogP contribution is -2.26. The van der Waals surface area contributed by atoms with Crippen molar-refractivity contribution in [2.24, 2.45) is 0 Å². The maximum Gasteiger partial charge on any atom is 0.338 e. The quantitative estimate of drug-likeness (QED) is 0.833. The molecule has 132 valence electrons. The number of Topliss-reactive ketones (excluding diaryl/α,β-unsaturated/α-hetero) is 2. The van der Waals surface area contributed by atoms with Gasteiger partial charge in [0.1, 0.15) is 5.70 Å². The van der Waals surface area contributed by atoms with Gasteiger partial charge >= 0.3 is 5.97 Å². The van der Waals surface area contributed by atoms with Gasteiger partial charge in [0.25, 0.3) is 0 Å². The topological polar surface area (TPSA) is 81.7 Å². The van der Waals surface area contributed by atoms with Gasteiger partial charge in [0.2, 0.25) is 11.6 Å². The van der Waals surface area contributed by atoms with Crippen LogP contribution in [0.5, 0.6) is 0 Å². The third-order valence-corrected chi connectivity index (χ3v) is 3.95. The third kappa shape index (κ3) is 3.09. The van der Waals surface area contributed by atoms with Crippen molar-refractivity contribution in [3.63, 3.8) is 0 Å². The molecular weight excluding hydrogens is 334 g/mol. The Hall–Kier alpha value is -3.41. The summed E-state index contributed by atoms with van der Waals surface area (Å²) >= 11 is 0. The number of carbonyl (C=O) groups excluding carboxylic acids is 3. The Morgan fingerprint density at radius 3 is 2.15 bits per heavy atom. The average molecular weight is 351 g/mol. The van der Waals surface area contributed by atoms with Crippen molar-refractivity contribution in [1.82, 2.24) is 0 Å². The highest BCUT2D eigenvalue weighted by Gasteiger charge is 2.33. The lowest BCUT2D eigenvalue weighted by atomic mass is 9.91. The van der Waals surface area contributed by atoms with E-state index >= 15 is 0 Å². The van der Waals surface area contributed by atoms with Crippen LogP contribution in [-0.2, 0) is 9.47 Å². The highest BCUT2D eigenvalue weighted by Crippen LogP contribution is 2.27. The van der Waals surface area contributed by atoms with Crippen LogP contribution in [-0.4, -0.2) is 31.3 Å². The van der Waals surface area contributed by atoms with Crippen molar-refractivity contribution in [2.75, 3.05) is 19.0 Å². The maximum absolute atomic E-state index is 12.8. The molecule has 0 radical (unpaired) electrons. The molecule has 2 aromatic carbocycles. The van der Waals surface area contributed by atoms with E-state index in [4.69, 9.17) is 9.47 Å². The van der Waals surface area contributed by atoms with E-state index in [0.29, 0.717) is 29.0 Å². The summed E-state index contributed by atoms with van der Waals surface area (Å²) in [6.07, 6.45) is 0. The van der Waals surface area contributed by atoms with Crippen LogP contribution in [0.3, 0.4) is 0 Å². The Morgan fingerprint density at radius 2 is 1.58 bits per heavy atom. The van der Waals surface area contributed by atoms with E-state index in [1.807, 2.05) is 0 Å². The van der Waals surface area contributed by atoms with E-state index in [-0.39, 0.29) is 23.0 Å². The number of hydrogen-bond acceptors (Lipinski definition) is 6. The minimum absolute atomic E-state index is 0.0387. The normalized spacial score (nSPS) is 13.3. The Balaban J connectivity index is 1.92. The number of esters is 1. The average Bonchev–Trinajstić information content (AvgIpc) is 2.67. The van der Waals surface area contributed by atoms with Crippen molar-refractivity contribution in [2.45, 2.75) is 6.92 Å². The fraction of sp³-hybridized carbons (Fsp3) is 0.150. The van der Waals surface area contributed by atoms with Crippen LogP contribution in [0.15, 0.2) is 60.0 Å². The van der Waals surface area contributed by atoms with Crippen molar-refractivity contribution >= 4 is 23.2 Å². The zero-order valence-electron chi connectivity index (χ0n) is 14.4. The number of carbonyl (C=O) groups is 3. The molecule has 0 spiro atoms. The molecule has 0 atom stereocenters. The molecule has 0 fully saturated rings. The summed E-state index contributed by atoms with van der Waals surface area (Å²) in [5.74, 6) is -1.14. The summed E-state index contributed by atoms with van der Waals surface area (Å²) in [6.45, 7) is 2.02. The second-order valence-electron chi connectivity index (χ2n) is 5.53. The van der Waals surface area contributed by atoms with E-state index < -0.39 is 5.97 Å². The van der Waals surface area contributed by atoms with Gasteiger partial charge in [-0.15, -0.1) is 0 Å². The van der Waals surface area contributed by atoms with Crippen LogP contribution >= 0.6 is 0 Å². The predicted molar refractivity (Wildman–Crippen MR) is 95.2 cm³/mol. The van der Waals surface area contributed by atoms with Crippen LogP contribution in [0, 0.1) is 0 Å². The van der Waals surface area contributed by atoms with Gasteiger partial charge in [0, 0.05) is 16.8 Å². The first-order chi connectivity index (χ1) is 12.6. The van der Waals surface area contributed by atoms with Gasteiger partial charge in [-0.3, -0.25) is 9.59 Å². The molecule has 3 rings (SSSR count). The Bertz CT molecular complexity index is 912. The van der Waals surface area contributed by atoms with Crippen LogP contribution in [0.4, 0.5) is 5.69 Å². The highest BCUT2D eigenvalue weighted by atomic mass is 16.5. The van der Waals surface area contributed by atoms with Crippen LogP contribution < -0.4 is 5.32 Å². The van der Waals surface area contributed by atoms with E-state index in [2.05, 4.69) is 5.32 Å². The molecule has 0 unspecified atom stereocenters. The van der Waals surface area contributed by atoms with Crippen molar-refractivity contribution < 1.29 is 23.9 Å². The number of fused-ring (bicyclic) bond motifs is 1. The smallest absolute Gasteiger partial charge is 0.338 e. The Kier molecular flexibility index (Phi) is 4.84. The number of ether oxygens (including phenoxy) is 2. The zero-order chi connectivity index (χ0) is 18.7. The zero-order valence-corrected chi connectivity index (χ0v) is 14.4. The largest absolute Gasteiger partial charge is 0.491 e. The first-order valence-electron chi connectivity index (χ1n) is 8.07. The lowest BCUT2D eigenvalue weighted by molar-refractivity contribution is 0.0526. The molecule has 1 N–H and O–H groups in total. The standard InChI is InChI=1S/C20H17NO5/c1-3-26-20(24)12-8-10-13(11-9-12)21-16-17(22)14-6-4-5-7-15(14)18(23)19(16)25-2/h4-11,21H,3H2,1-2H3. The summed E-state index contributed by atoms with van der Waals surface area (Å²) < 4.78 is 10.1. The molecule has 0 bridgehead atoms. The molecule has 26 heavy (non-hydrogen) atoms. The number of allylic oxidation sites excluding steroid dienone is 2. The third-order valence-electron chi connectivity index (χ3n) is 3.95. The van der Waals surface area contributed by atoms with Crippen LogP contribution in [0.25, 0.3) is 0 Å². The summed E-state index contributed by atoms with van der Waals surface area (Å²) in [5.41, 5.74) is 1.65. The number of nitrogens with one attached hydrogen (secondary N) is 1. The number of hydrogen-bond donors (Lipinski definition) is 1. The lowest BCUT2D eigenvalue weighted by Gasteiger charge is -2.21. The van der Waals surface area contributed by atoms with Crippen molar-refractivity contribution in [1.29, 1.82) is 0 Å². The van der Waals surface area contributed by atoms with E-state index in [1.54, 1.807) is 55.5 Å². The Labute approximate surface area is 150 Å². The van der Waals surface area contributed by atoms with E-state index in [0.717, 1.165) is 0 Å². The second-order valence-corrected chi connectivity index (χ2v) is 5.53. The first kappa shape index (κ1) is 17.4. The molecule has 0 amide bonds. The number of ketones is 2. The molecule has 6 heteroatoms. The molecule has 1 aliphatic carbocycles. The van der Waals surface area contributed by atoms with Crippen molar-refractivity contribution in [3.05, 3.63) is 76.7 Å². The molecule has 0 saturated heterocycles. The van der Waals surface area contributed by atoms with Gasteiger partial charge in [-0.1, -0.05) is 24.3 Å². The summed E-state index contributed by atoms with van der Waals surface area (Å²) in [7, 11) is 1.35. The van der Waals surface area contributed by atoms with E-state index in [1.165, 1.54) is 7.11 Å². The monoisotopic (exact) mass is 351 g/mol. The fourth-order valence-electron chi connectivity index (χ4n) is 2.71. The fourth-order valence-corrected chi connectivity index (χ4v) is 2.71. The summed E-state index contributed by atoms with van der Waals surface area (Å²) in [5, 5.41) is 2.93. The van der Waals surface area contributed by atoms with Crippen LogP contribution in [0.1, 0.15) is 38.0 Å². The van der Waals surface area contributed by atoms with Gasteiger partial charge < -0.3 is 14.8 Å². The predicted octanol–water partition coefficient (Wildman–Crippen LogP) is 3.21. The molecular formula is C20H17NO5. The first-order valence-corrected chi connectivity index (χ1v) is 8.07. The maximum atomic E-state index is 12.8. The summed E-state index contributed by atoms with van der Waals surface area (Å²) in [6, 6.07) is 13.0. The molecule has 0 saturated carbocycles. The van der Waals surface area contributed by atoms with Gasteiger partial charge in [0.05, 0.1) is 19.3 Å². The van der Waals surface area contributed by atoms with Gasteiger partial charge in [0.15, 0.2) is 5.76 Å². The number of methoxy groups -OCH3 is 1. The van der Waals surface area contributed by atoms with Crippen molar-refractivity contribution in [3.8, 4) is 0 Å². The summed E-state index contributed by atoms with van der Waals surface area (Å²) in [4.78, 5) is 37.0. The molecule has 0 aliphatic heterocycles. The number of anilines is 1. The molecule has 6 nitrogen and oxygen atoms in total. The van der Waals surface area contributed by atoms with Gasteiger partial charge in [-0.2, -0.15) is 0 Å². The molecule has 0 aromatic heterocycles.